The molecule has 0 aromatic heterocycles. The minimum absolute atomic E-state index is 0.0848. The summed E-state index contributed by atoms with van der Waals surface area (Å²) in [6.45, 7) is 4.35. The standard InChI is InChI=1S/C12H13NO3/c1-7(2)13-6-8-4-3-5-9(12(15)16)10(8)11(13)14/h3-5,7H,6H2,1-2H3,(H,15,16). The molecule has 84 valence electrons. The number of carbonyl (C=O) groups is 2. The topological polar surface area (TPSA) is 57.6 Å². The average Bonchev–Trinajstić information content (AvgIpc) is 2.56. The van der Waals surface area contributed by atoms with Gasteiger partial charge in [-0.2, -0.15) is 0 Å². The van der Waals surface area contributed by atoms with Crippen molar-refractivity contribution in [3.63, 3.8) is 0 Å². The van der Waals surface area contributed by atoms with E-state index in [4.69, 9.17) is 5.11 Å². The number of nitrogens with zero attached hydrogens (tertiary/aromatic N) is 1. The van der Waals surface area contributed by atoms with Crippen molar-refractivity contribution < 1.29 is 14.7 Å². The maximum absolute atomic E-state index is 12.0. The molecular weight excluding hydrogens is 206 g/mol. The number of amides is 1. The van der Waals surface area contributed by atoms with Gasteiger partial charge in [0.15, 0.2) is 0 Å². The van der Waals surface area contributed by atoms with Crippen LogP contribution in [0.3, 0.4) is 0 Å². The molecule has 1 aromatic rings. The first-order valence-electron chi connectivity index (χ1n) is 5.18. The summed E-state index contributed by atoms with van der Waals surface area (Å²) in [4.78, 5) is 24.7. The molecule has 0 fully saturated rings. The summed E-state index contributed by atoms with van der Waals surface area (Å²) < 4.78 is 0. The van der Waals surface area contributed by atoms with E-state index < -0.39 is 5.97 Å². The fourth-order valence-corrected chi connectivity index (χ4v) is 1.98. The van der Waals surface area contributed by atoms with Crippen LogP contribution in [0.4, 0.5) is 0 Å². The summed E-state index contributed by atoms with van der Waals surface area (Å²) in [5, 5.41) is 9.02. The number of carboxylic acids is 1. The molecule has 0 radical (unpaired) electrons. The molecule has 1 amide bonds. The van der Waals surface area contributed by atoms with Crippen molar-refractivity contribution in [1.29, 1.82) is 0 Å². The van der Waals surface area contributed by atoms with E-state index in [1.54, 1.807) is 11.0 Å². The molecule has 0 aliphatic carbocycles. The van der Waals surface area contributed by atoms with Gasteiger partial charge < -0.3 is 10.0 Å². The number of rotatable bonds is 2. The molecule has 16 heavy (non-hydrogen) atoms. The van der Waals surface area contributed by atoms with E-state index >= 15 is 0 Å². The van der Waals surface area contributed by atoms with Crippen LogP contribution in [0.25, 0.3) is 0 Å². The zero-order valence-electron chi connectivity index (χ0n) is 9.23. The lowest BCUT2D eigenvalue weighted by Crippen LogP contribution is -2.31. The lowest BCUT2D eigenvalue weighted by Gasteiger charge is -2.19. The number of fused-ring (bicyclic) bond motifs is 1. The normalized spacial score (nSPS) is 14.4. The Morgan fingerprint density at radius 2 is 2.12 bits per heavy atom. The average molecular weight is 219 g/mol. The molecule has 0 saturated carbocycles. The second-order valence-corrected chi connectivity index (χ2v) is 4.17. The summed E-state index contributed by atoms with van der Waals surface area (Å²) in [6.07, 6.45) is 0. The van der Waals surface area contributed by atoms with Gasteiger partial charge in [0.25, 0.3) is 5.91 Å². The maximum Gasteiger partial charge on any atom is 0.336 e. The molecule has 2 rings (SSSR count). The molecule has 0 unspecified atom stereocenters. The molecule has 1 N–H and O–H groups in total. The monoisotopic (exact) mass is 219 g/mol. The lowest BCUT2D eigenvalue weighted by atomic mass is 10.0. The second kappa shape index (κ2) is 3.63. The first-order valence-corrected chi connectivity index (χ1v) is 5.18. The zero-order chi connectivity index (χ0) is 11.9. The summed E-state index contributed by atoms with van der Waals surface area (Å²) >= 11 is 0. The Kier molecular flexibility index (Phi) is 2.42. The van der Waals surface area contributed by atoms with Crippen molar-refractivity contribution >= 4 is 11.9 Å². The van der Waals surface area contributed by atoms with E-state index in [-0.39, 0.29) is 17.5 Å². The number of carboxylic acid groups (broad SMARTS) is 1. The van der Waals surface area contributed by atoms with Crippen molar-refractivity contribution in [3.05, 3.63) is 34.9 Å². The molecule has 1 heterocycles. The fourth-order valence-electron chi connectivity index (χ4n) is 1.98. The molecule has 0 bridgehead atoms. The van der Waals surface area contributed by atoms with E-state index in [1.165, 1.54) is 6.07 Å². The summed E-state index contributed by atoms with van der Waals surface area (Å²) in [5.74, 6) is -1.22. The van der Waals surface area contributed by atoms with Gasteiger partial charge in [-0.3, -0.25) is 4.79 Å². The van der Waals surface area contributed by atoms with Crippen LogP contribution in [-0.4, -0.2) is 27.9 Å². The predicted molar refractivity (Wildman–Crippen MR) is 58.4 cm³/mol. The number of hydrogen-bond acceptors (Lipinski definition) is 2. The van der Waals surface area contributed by atoms with Crippen LogP contribution in [0, 0.1) is 0 Å². The third-order valence-electron chi connectivity index (χ3n) is 2.82. The highest BCUT2D eigenvalue weighted by Crippen LogP contribution is 2.27. The lowest BCUT2D eigenvalue weighted by molar-refractivity contribution is 0.0673. The first-order chi connectivity index (χ1) is 7.52. The number of hydrogen-bond donors (Lipinski definition) is 1. The molecule has 0 atom stereocenters. The predicted octanol–water partition coefficient (Wildman–Crippen LogP) is 1.75. The van der Waals surface area contributed by atoms with Crippen LogP contribution in [0.1, 0.15) is 40.1 Å². The van der Waals surface area contributed by atoms with Gasteiger partial charge in [0.05, 0.1) is 11.1 Å². The molecule has 4 heteroatoms. The van der Waals surface area contributed by atoms with E-state index in [9.17, 15) is 9.59 Å². The quantitative estimate of drug-likeness (QED) is 0.824. The van der Waals surface area contributed by atoms with Crippen LogP contribution in [0.15, 0.2) is 18.2 Å². The van der Waals surface area contributed by atoms with Gasteiger partial charge in [0.1, 0.15) is 0 Å². The van der Waals surface area contributed by atoms with Crippen molar-refractivity contribution in [2.45, 2.75) is 26.4 Å². The van der Waals surface area contributed by atoms with Gasteiger partial charge in [-0.15, -0.1) is 0 Å². The Labute approximate surface area is 93.5 Å². The fraction of sp³-hybridized carbons (Fsp3) is 0.333. The van der Waals surface area contributed by atoms with Gasteiger partial charge in [0, 0.05) is 12.6 Å². The summed E-state index contributed by atoms with van der Waals surface area (Å²) in [6, 6.07) is 5.05. The van der Waals surface area contributed by atoms with Crippen LogP contribution >= 0.6 is 0 Å². The van der Waals surface area contributed by atoms with Gasteiger partial charge in [0.2, 0.25) is 0 Å². The van der Waals surface area contributed by atoms with E-state index in [0.717, 1.165) is 5.56 Å². The molecule has 0 saturated heterocycles. The van der Waals surface area contributed by atoms with Crippen LogP contribution in [0.2, 0.25) is 0 Å². The van der Waals surface area contributed by atoms with Crippen molar-refractivity contribution in [1.82, 2.24) is 4.90 Å². The Hall–Kier alpha value is -1.84. The van der Waals surface area contributed by atoms with Gasteiger partial charge in [-0.25, -0.2) is 4.79 Å². The van der Waals surface area contributed by atoms with E-state index in [0.29, 0.717) is 12.1 Å². The van der Waals surface area contributed by atoms with E-state index in [1.807, 2.05) is 19.9 Å². The minimum Gasteiger partial charge on any atom is -0.478 e. The largest absolute Gasteiger partial charge is 0.478 e. The Morgan fingerprint density at radius 3 is 2.69 bits per heavy atom. The summed E-state index contributed by atoms with van der Waals surface area (Å²) in [7, 11) is 0. The van der Waals surface area contributed by atoms with Gasteiger partial charge >= 0.3 is 5.97 Å². The number of aromatic carboxylic acids is 1. The maximum atomic E-state index is 12.0. The van der Waals surface area contributed by atoms with Crippen LogP contribution in [0.5, 0.6) is 0 Å². The highest BCUT2D eigenvalue weighted by molar-refractivity contribution is 6.07. The molecule has 4 nitrogen and oxygen atoms in total. The van der Waals surface area contributed by atoms with Crippen molar-refractivity contribution in [2.75, 3.05) is 0 Å². The van der Waals surface area contributed by atoms with Gasteiger partial charge in [-0.1, -0.05) is 12.1 Å². The smallest absolute Gasteiger partial charge is 0.336 e. The zero-order valence-corrected chi connectivity index (χ0v) is 9.23. The summed E-state index contributed by atoms with van der Waals surface area (Å²) in [5.41, 5.74) is 1.26. The SMILES string of the molecule is CC(C)N1Cc2cccc(C(=O)O)c2C1=O. The molecular formula is C12H13NO3. The molecule has 0 spiro atoms. The third-order valence-corrected chi connectivity index (χ3v) is 2.82. The van der Waals surface area contributed by atoms with Crippen LogP contribution < -0.4 is 0 Å². The molecule has 1 aromatic carbocycles. The number of benzene rings is 1. The third kappa shape index (κ3) is 1.46. The number of carbonyl (C=O) groups excluding carboxylic acids is 1. The highest BCUT2D eigenvalue weighted by Gasteiger charge is 2.32. The molecule has 1 aliphatic heterocycles. The Morgan fingerprint density at radius 1 is 1.44 bits per heavy atom. The molecule has 1 aliphatic rings. The Bertz CT molecular complexity index is 465. The van der Waals surface area contributed by atoms with Gasteiger partial charge in [-0.05, 0) is 25.5 Å². The Balaban J connectivity index is 2.52. The second-order valence-electron chi connectivity index (χ2n) is 4.17. The van der Waals surface area contributed by atoms with Crippen molar-refractivity contribution in [2.24, 2.45) is 0 Å². The minimum atomic E-state index is -1.05. The highest BCUT2D eigenvalue weighted by atomic mass is 16.4. The van der Waals surface area contributed by atoms with Crippen LogP contribution in [-0.2, 0) is 6.54 Å². The van der Waals surface area contributed by atoms with Crippen molar-refractivity contribution in [3.8, 4) is 0 Å². The first kappa shape index (κ1) is 10.7. The van der Waals surface area contributed by atoms with E-state index in [2.05, 4.69) is 0 Å².